The van der Waals surface area contributed by atoms with E-state index in [2.05, 4.69) is 20.4 Å². The van der Waals surface area contributed by atoms with Gasteiger partial charge in [0.25, 0.3) is 5.95 Å². The van der Waals surface area contributed by atoms with Gasteiger partial charge in [0.05, 0.1) is 16.4 Å². The van der Waals surface area contributed by atoms with Crippen LogP contribution in [0.5, 0.6) is 0 Å². The Morgan fingerprint density at radius 2 is 1.94 bits per heavy atom. The largest absolute Gasteiger partial charge is 0.316 e. The van der Waals surface area contributed by atoms with Crippen molar-refractivity contribution in [1.82, 2.24) is 25.1 Å². The van der Waals surface area contributed by atoms with E-state index in [9.17, 15) is 0 Å². The average Bonchev–Trinajstić information content (AvgIpc) is 2.59. The molecule has 0 atom stereocenters. The maximum absolute atomic E-state index is 6.08. The SMILES string of the molecule is CNCc1cnc(-n2nc(C)c(Cl)c2C)nc1. The Labute approximate surface area is 105 Å². The summed E-state index contributed by atoms with van der Waals surface area (Å²) in [5.41, 5.74) is 2.67. The second-order valence-corrected chi connectivity index (χ2v) is 4.20. The first-order chi connectivity index (χ1) is 8.13. The van der Waals surface area contributed by atoms with Gasteiger partial charge in [0, 0.05) is 24.5 Å². The lowest BCUT2D eigenvalue weighted by Crippen LogP contribution is -2.09. The van der Waals surface area contributed by atoms with E-state index in [4.69, 9.17) is 11.6 Å². The van der Waals surface area contributed by atoms with Crippen LogP contribution in [0.2, 0.25) is 5.02 Å². The molecule has 17 heavy (non-hydrogen) atoms. The van der Waals surface area contributed by atoms with Gasteiger partial charge >= 0.3 is 0 Å². The Morgan fingerprint density at radius 3 is 2.41 bits per heavy atom. The number of hydrogen-bond acceptors (Lipinski definition) is 4. The molecule has 0 saturated heterocycles. The minimum atomic E-state index is 0.539. The van der Waals surface area contributed by atoms with E-state index in [1.54, 1.807) is 17.1 Å². The molecule has 0 bridgehead atoms. The number of nitrogens with one attached hydrogen (secondary N) is 1. The van der Waals surface area contributed by atoms with Gasteiger partial charge in [-0.1, -0.05) is 11.6 Å². The van der Waals surface area contributed by atoms with Gasteiger partial charge in [0.2, 0.25) is 0 Å². The summed E-state index contributed by atoms with van der Waals surface area (Å²) < 4.78 is 1.65. The summed E-state index contributed by atoms with van der Waals surface area (Å²) in [7, 11) is 1.88. The van der Waals surface area contributed by atoms with Gasteiger partial charge in [-0.25, -0.2) is 14.6 Å². The van der Waals surface area contributed by atoms with Crippen LogP contribution in [0.15, 0.2) is 12.4 Å². The van der Waals surface area contributed by atoms with Crippen LogP contribution in [0.3, 0.4) is 0 Å². The van der Waals surface area contributed by atoms with Crippen molar-refractivity contribution in [3.05, 3.63) is 34.4 Å². The highest BCUT2D eigenvalue weighted by Crippen LogP contribution is 2.20. The van der Waals surface area contributed by atoms with E-state index in [0.29, 0.717) is 11.0 Å². The first-order valence-electron chi connectivity index (χ1n) is 5.31. The average molecular weight is 252 g/mol. The van der Waals surface area contributed by atoms with Crippen molar-refractivity contribution < 1.29 is 0 Å². The van der Waals surface area contributed by atoms with Crippen LogP contribution < -0.4 is 5.32 Å². The second-order valence-electron chi connectivity index (χ2n) is 3.82. The topological polar surface area (TPSA) is 55.6 Å². The summed E-state index contributed by atoms with van der Waals surface area (Å²) in [6.45, 7) is 4.51. The molecule has 0 radical (unpaired) electrons. The molecule has 0 unspecified atom stereocenters. The van der Waals surface area contributed by atoms with Crippen molar-refractivity contribution in [3.8, 4) is 5.95 Å². The van der Waals surface area contributed by atoms with Gasteiger partial charge in [-0.15, -0.1) is 0 Å². The lowest BCUT2D eigenvalue weighted by Gasteiger charge is -2.03. The van der Waals surface area contributed by atoms with Gasteiger partial charge < -0.3 is 5.32 Å². The number of nitrogens with zero attached hydrogens (tertiary/aromatic N) is 4. The highest BCUT2D eigenvalue weighted by atomic mass is 35.5. The zero-order chi connectivity index (χ0) is 12.4. The molecule has 6 heteroatoms. The summed E-state index contributed by atoms with van der Waals surface area (Å²) in [5, 5.41) is 8.00. The molecule has 0 fully saturated rings. The Bertz CT molecular complexity index is 517. The molecule has 0 aromatic carbocycles. The summed E-state index contributed by atoms with van der Waals surface area (Å²) in [4.78, 5) is 8.55. The zero-order valence-corrected chi connectivity index (χ0v) is 10.8. The molecule has 0 spiro atoms. The summed E-state index contributed by atoms with van der Waals surface area (Å²) in [6, 6.07) is 0. The van der Waals surface area contributed by atoms with Crippen molar-refractivity contribution in [2.75, 3.05) is 7.05 Å². The monoisotopic (exact) mass is 251 g/mol. The van der Waals surface area contributed by atoms with Crippen molar-refractivity contribution in [1.29, 1.82) is 0 Å². The molecule has 2 heterocycles. The molecule has 0 aliphatic rings. The van der Waals surface area contributed by atoms with E-state index in [-0.39, 0.29) is 0 Å². The number of rotatable bonds is 3. The fraction of sp³-hybridized carbons (Fsp3) is 0.364. The molecule has 1 N–H and O–H groups in total. The van der Waals surface area contributed by atoms with Gasteiger partial charge in [-0.3, -0.25) is 0 Å². The standard InChI is InChI=1S/C11H14ClN5/c1-7-10(12)8(2)17(16-7)11-14-5-9(4-13-3)6-15-11/h5-6,13H,4H2,1-3H3. The molecular weight excluding hydrogens is 238 g/mol. The van der Waals surface area contributed by atoms with Crippen LogP contribution >= 0.6 is 11.6 Å². The molecule has 0 aliphatic carbocycles. The van der Waals surface area contributed by atoms with Gasteiger partial charge in [0.15, 0.2) is 0 Å². The number of hydrogen-bond donors (Lipinski definition) is 1. The van der Waals surface area contributed by atoms with E-state index < -0.39 is 0 Å². The van der Waals surface area contributed by atoms with Crippen molar-refractivity contribution in [2.45, 2.75) is 20.4 Å². The number of halogens is 1. The van der Waals surface area contributed by atoms with Crippen LogP contribution in [0, 0.1) is 13.8 Å². The smallest absolute Gasteiger partial charge is 0.250 e. The predicted octanol–water partition coefficient (Wildman–Crippen LogP) is 1.65. The Balaban J connectivity index is 2.36. The van der Waals surface area contributed by atoms with Crippen molar-refractivity contribution >= 4 is 11.6 Å². The molecule has 2 aromatic heterocycles. The quantitative estimate of drug-likeness (QED) is 0.901. The fourth-order valence-corrected chi connectivity index (χ4v) is 1.69. The van der Waals surface area contributed by atoms with Crippen LogP contribution in [0.1, 0.15) is 17.0 Å². The minimum Gasteiger partial charge on any atom is -0.316 e. The van der Waals surface area contributed by atoms with Crippen molar-refractivity contribution in [2.24, 2.45) is 0 Å². The van der Waals surface area contributed by atoms with E-state index in [1.807, 2.05) is 20.9 Å². The lowest BCUT2D eigenvalue weighted by atomic mass is 10.3. The maximum atomic E-state index is 6.08. The third kappa shape index (κ3) is 2.30. The molecule has 2 rings (SSSR count). The molecular formula is C11H14ClN5. The molecule has 2 aromatic rings. The maximum Gasteiger partial charge on any atom is 0.250 e. The Morgan fingerprint density at radius 1 is 1.29 bits per heavy atom. The number of aromatic nitrogens is 4. The molecule has 90 valence electrons. The summed E-state index contributed by atoms with van der Waals surface area (Å²) >= 11 is 6.08. The molecule has 0 aliphatic heterocycles. The van der Waals surface area contributed by atoms with Crippen LogP contribution in [-0.2, 0) is 6.54 Å². The minimum absolute atomic E-state index is 0.539. The molecule has 0 saturated carbocycles. The van der Waals surface area contributed by atoms with E-state index >= 15 is 0 Å². The van der Waals surface area contributed by atoms with Crippen LogP contribution in [0.25, 0.3) is 5.95 Å². The highest BCUT2D eigenvalue weighted by Gasteiger charge is 2.12. The first-order valence-corrected chi connectivity index (χ1v) is 5.69. The predicted molar refractivity (Wildman–Crippen MR) is 66.4 cm³/mol. The fourth-order valence-electron chi connectivity index (χ4n) is 1.57. The van der Waals surface area contributed by atoms with Crippen molar-refractivity contribution in [3.63, 3.8) is 0 Å². The Hall–Kier alpha value is -1.46. The first kappa shape index (κ1) is 12.0. The molecule has 5 nitrogen and oxygen atoms in total. The van der Waals surface area contributed by atoms with Gasteiger partial charge in [0.1, 0.15) is 0 Å². The highest BCUT2D eigenvalue weighted by molar-refractivity contribution is 6.31. The number of aryl methyl sites for hydroxylation is 1. The van der Waals surface area contributed by atoms with Crippen LogP contribution in [0.4, 0.5) is 0 Å². The van der Waals surface area contributed by atoms with E-state index in [0.717, 1.165) is 23.5 Å². The third-order valence-electron chi connectivity index (χ3n) is 2.47. The zero-order valence-electron chi connectivity index (χ0n) is 10.0. The summed E-state index contributed by atoms with van der Waals surface area (Å²) in [6.07, 6.45) is 3.56. The Kier molecular flexibility index (Phi) is 3.40. The van der Waals surface area contributed by atoms with Gasteiger partial charge in [-0.05, 0) is 20.9 Å². The van der Waals surface area contributed by atoms with Gasteiger partial charge in [-0.2, -0.15) is 5.10 Å². The third-order valence-corrected chi connectivity index (χ3v) is 3.01. The lowest BCUT2D eigenvalue weighted by molar-refractivity contribution is 0.756. The summed E-state index contributed by atoms with van der Waals surface area (Å²) in [5.74, 6) is 0.539. The van der Waals surface area contributed by atoms with E-state index in [1.165, 1.54) is 0 Å². The second kappa shape index (κ2) is 4.81. The molecule has 0 amide bonds. The van der Waals surface area contributed by atoms with Crippen LogP contribution in [-0.4, -0.2) is 26.8 Å². The normalized spacial score (nSPS) is 10.8.